The van der Waals surface area contributed by atoms with E-state index >= 15 is 0 Å². The van der Waals surface area contributed by atoms with Crippen molar-refractivity contribution in [3.05, 3.63) is 35.1 Å². The summed E-state index contributed by atoms with van der Waals surface area (Å²) in [7, 11) is 2.05. The lowest BCUT2D eigenvalue weighted by molar-refractivity contribution is 0.263. The molecule has 0 spiro atoms. The van der Waals surface area contributed by atoms with E-state index in [4.69, 9.17) is 4.99 Å². The van der Waals surface area contributed by atoms with Gasteiger partial charge in [-0.1, -0.05) is 31.6 Å². The lowest BCUT2D eigenvalue weighted by atomic mass is 9.93. The Morgan fingerprint density at radius 2 is 1.88 bits per heavy atom. The molecule has 0 radical (unpaired) electrons. The van der Waals surface area contributed by atoms with Crippen molar-refractivity contribution in [2.45, 2.75) is 66.7 Å². The molecule has 0 saturated carbocycles. The second-order valence-electron chi connectivity index (χ2n) is 7.11. The molecule has 1 aliphatic carbocycles. The zero-order valence-corrected chi connectivity index (χ0v) is 17.4. The minimum absolute atomic E-state index is 0.795. The summed E-state index contributed by atoms with van der Waals surface area (Å²) in [6, 6.07) is 0. The van der Waals surface area contributed by atoms with Gasteiger partial charge in [-0.2, -0.15) is 0 Å². The Morgan fingerprint density at radius 3 is 2.32 bits per heavy atom. The van der Waals surface area contributed by atoms with Crippen LogP contribution in [0.1, 0.15) is 66.7 Å². The van der Waals surface area contributed by atoms with E-state index < -0.39 is 0 Å². The van der Waals surface area contributed by atoms with E-state index in [0.717, 1.165) is 31.4 Å². The molecule has 0 unspecified atom stereocenters. The van der Waals surface area contributed by atoms with Crippen LogP contribution in [0.25, 0.3) is 0 Å². The highest BCUT2D eigenvalue weighted by Crippen LogP contribution is 2.34. The number of likely N-dealkylation sites (tertiary alicyclic amines) is 1. The van der Waals surface area contributed by atoms with Gasteiger partial charge in [-0.05, 0) is 78.0 Å². The monoisotopic (exact) mass is 345 g/mol. The van der Waals surface area contributed by atoms with Crippen LogP contribution in [0.2, 0.25) is 0 Å². The molecule has 0 aromatic rings. The molecular formula is C22H39N3. The SMILES string of the molecule is C=CN=C(C(=C(C)C)C1=C(C)CCC1)N1CCC(CNC)CC1.CC. The number of hydrogen-bond acceptors (Lipinski definition) is 2. The van der Waals surface area contributed by atoms with Crippen LogP contribution in [0.5, 0.6) is 0 Å². The Bertz CT molecular complexity index is 513. The average Bonchev–Trinajstić information content (AvgIpc) is 3.03. The predicted molar refractivity (Wildman–Crippen MR) is 112 cm³/mol. The summed E-state index contributed by atoms with van der Waals surface area (Å²) in [6.45, 7) is 17.9. The Balaban J connectivity index is 0.00000151. The highest BCUT2D eigenvalue weighted by molar-refractivity contribution is 6.03. The van der Waals surface area contributed by atoms with Gasteiger partial charge in [-0.25, -0.2) is 4.99 Å². The van der Waals surface area contributed by atoms with Crippen molar-refractivity contribution in [3.63, 3.8) is 0 Å². The van der Waals surface area contributed by atoms with Gasteiger partial charge in [0.1, 0.15) is 5.84 Å². The number of nitrogens with zero attached hydrogens (tertiary/aromatic N) is 2. The van der Waals surface area contributed by atoms with E-state index in [1.165, 1.54) is 48.8 Å². The van der Waals surface area contributed by atoms with Crippen molar-refractivity contribution in [1.82, 2.24) is 10.2 Å². The minimum atomic E-state index is 0.795. The van der Waals surface area contributed by atoms with Crippen molar-refractivity contribution in [1.29, 1.82) is 0 Å². The van der Waals surface area contributed by atoms with E-state index in [-0.39, 0.29) is 0 Å². The molecule has 2 rings (SSSR count). The van der Waals surface area contributed by atoms with Crippen molar-refractivity contribution in [3.8, 4) is 0 Å². The highest BCUT2D eigenvalue weighted by atomic mass is 15.2. The first-order valence-corrected chi connectivity index (χ1v) is 10.0. The normalized spacial score (nSPS) is 18.8. The Morgan fingerprint density at radius 1 is 1.24 bits per heavy atom. The lowest BCUT2D eigenvalue weighted by Crippen LogP contribution is -2.41. The number of aliphatic imine (C=N–C) groups is 1. The predicted octanol–water partition coefficient (Wildman–Crippen LogP) is 5.32. The fourth-order valence-electron chi connectivity index (χ4n) is 3.92. The van der Waals surface area contributed by atoms with Crippen LogP contribution in [0.15, 0.2) is 40.1 Å². The maximum absolute atomic E-state index is 4.72. The Hall–Kier alpha value is -1.35. The van der Waals surface area contributed by atoms with Crippen molar-refractivity contribution in [2.75, 3.05) is 26.7 Å². The molecule has 142 valence electrons. The van der Waals surface area contributed by atoms with Crippen molar-refractivity contribution < 1.29 is 0 Å². The number of allylic oxidation sites excluding steroid dienone is 2. The largest absolute Gasteiger partial charge is 0.356 e. The second kappa shape index (κ2) is 11.3. The average molecular weight is 346 g/mol. The van der Waals surface area contributed by atoms with Crippen LogP contribution >= 0.6 is 0 Å². The standard InChI is InChI=1S/C20H33N3.C2H6/c1-6-22-20(23-12-10-17(11-13-23)14-21-5)19(15(2)3)18-9-7-8-16(18)4;1-2/h6,17,21H,1,7-14H2,2-5H3;1-2H3. The minimum Gasteiger partial charge on any atom is -0.356 e. The molecule has 1 N–H and O–H groups in total. The summed E-state index contributed by atoms with van der Waals surface area (Å²) >= 11 is 0. The van der Waals surface area contributed by atoms with Crippen LogP contribution in [0.4, 0.5) is 0 Å². The maximum atomic E-state index is 4.72. The fraction of sp³-hybridized carbons (Fsp3) is 0.682. The molecule has 0 aromatic carbocycles. The maximum Gasteiger partial charge on any atom is 0.135 e. The summed E-state index contributed by atoms with van der Waals surface area (Å²) in [6.07, 6.45) is 7.90. The van der Waals surface area contributed by atoms with Gasteiger partial charge < -0.3 is 10.2 Å². The van der Waals surface area contributed by atoms with Crippen LogP contribution < -0.4 is 5.32 Å². The van der Waals surface area contributed by atoms with Gasteiger partial charge in [0.05, 0.1) is 0 Å². The van der Waals surface area contributed by atoms with E-state index in [0.29, 0.717) is 0 Å². The number of rotatable bonds is 5. The van der Waals surface area contributed by atoms with Gasteiger partial charge in [-0.3, -0.25) is 0 Å². The third-order valence-electron chi connectivity index (χ3n) is 5.14. The van der Waals surface area contributed by atoms with Gasteiger partial charge >= 0.3 is 0 Å². The lowest BCUT2D eigenvalue weighted by Gasteiger charge is -2.35. The van der Waals surface area contributed by atoms with E-state index in [1.54, 1.807) is 11.8 Å². The van der Waals surface area contributed by atoms with Crippen molar-refractivity contribution >= 4 is 5.84 Å². The van der Waals surface area contributed by atoms with Crippen LogP contribution in [-0.2, 0) is 0 Å². The number of amidine groups is 1. The molecular weight excluding hydrogens is 306 g/mol. The first-order valence-electron chi connectivity index (χ1n) is 10.0. The summed E-state index contributed by atoms with van der Waals surface area (Å²) in [5.41, 5.74) is 5.83. The van der Waals surface area contributed by atoms with Gasteiger partial charge in [0.2, 0.25) is 0 Å². The topological polar surface area (TPSA) is 27.6 Å². The molecule has 1 saturated heterocycles. The van der Waals surface area contributed by atoms with Crippen molar-refractivity contribution in [2.24, 2.45) is 10.9 Å². The fourth-order valence-corrected chi connectivity index (χ4v) is 3.92. The van der Waals surface area contributed by atoms with Gasteiger partial charge in [0.15, 0.2) is 0 Å². The molecule has 3 heteroatoms. The van der Waals surface area contributed by atoms with E-state index in [1.807, 2.05) is 20.9 Å². The number of nitrogens with one attached hydrogen (secondary N) is 1. The first-order chi connectivity index (χ1) is 12.1. The third-order valence-corrected chi connectivity index (χ3v) is 5.14. The van der Waals surface area contributed by atoms with E-state index in [2.05, 4.69) is 37.6 Å². The van der Waals surface area contributed by atoms with Crippen LogP contribution in [0.3, 0.4) is 0 Å². The molecule has 0 atom stereocenters. The summed E-state index contributed by atoms with van der Waals surface area (Å²) in [4.78, 5) is 7.20. The molecule has 1 heterocycles. The molecule has 25 heavy (non-hydrogen) atoms. The molecule has 3 nitrogen and oxygen atoms in total. The number of piperidine rings is 1. The molecule has 0 aromatic heterocycles. The van der Waals surface area contributed by atoms with Crippen LogP contribution in [-0.4, -0.2) is 37.4 Å². The Kier molecular flexibility index (Phi) is 9.81. The third kappa shape index (κ3) is 5.85. The molecule has 2 aliphatic rings. The summed E-state index contributed by atoms with van der Waals surface area (Å²) in [5, 5.41) is 3.32. The number of hydrogen-bond donors (Lipinski definition) is 1. The van der Waals surface area contributed by atoms with Crippen LogP contribution in [0, 0.1) is 5.92 Å². The zero-order valence-electron chi connectivity index (χ0n) is 17.4. The smallest absolute Gasteiger partial charge is 0.135 e. The Labute approximate surface area is 156 Å². The molecule has 0 amide bonds. The highest BCUT2D eigenvalue weighted by Gasteiger charge is 2.27. The molecule has 0 bridgehead atoms. The van der Waals surface area contributed by atoms with Gasteiger partial charge in [-0.15, -0.1) is 0 Å². The van der Waals surface area contributed by atoms with Gasteiger partial charge in [0.25, 0.3) is 0 Å². The molecule has 1 aliphatic heterocycles. The first kappa shape index (κ1) is 21.7. The molecule has 1 fully saturated rings. The second-order valence-corrected chi connectivity index (χ2v) is 7.11. The zero-order chi connectivity index (χ0) is 18.8. The van der Waals surface area contributed by atoms with Gasteiger partial charge in [0, 0.05) is 24.9 Å². The summed E-state index contributed by atoms with van der Waals surface area (Å²) in [5.74, 6) is 1.95. The van der Waals surface area contributed by atoms with E-state index in [9.17, 15) is 0 Å². The summed E-state index contributed by atoms with van der Waals surface area (Å²) < 4.78 is 0. The quantitative estimate of drug-likeness (QED) is 0.539.